The molecule has 0 unspecified atom stereocenters. The van der Waals surface area contributed by atoms with Gasteiger partial charge in [0.25, 0.3) is 11.8 Å². The van der Waals surface area contributed by atoms with E-state index in [1.165, 1.54) is 4.90 Å². The molecular formula is C29H32ClN3O5. The summed E-state index contributed by atoms with van der Waals surface area (Å²) in [5, 5.41) is 0.504. The van der Waals surface area contributed by atoms with Crippen molar-refractivity contribution in [2.75, 3.05) is 37.7 Å². The van der Waals surface area contributed by atoms with E-state index in [2.05, 4.69) is 4.90 Å². The Morgan fingerprint density at radius 2 is 1.71 bits per heavy atom. The molecule has 2 atom stereocenters. The second-order valence-corrected chi connectivity index (χ2v) is 10.6. The van der Waals surface area contributed by atoms with Crippen molar-refractivity contribution in [3.8, 4) is 0 Å². The van der Waals surface area contributed by atoms with Gasteiger partial charge in [0.05, 0.1) is 41.8 Å². The molecule has 3 heterocycles. The van der Waals surface area contributed by atoms with Gasteiger partial charge in [-0.05, 0) is 56.4 Å². The number of benzene rings is 2. The third-order valence-electron chi connectivity index (χ3n) is 7.73. The first-order valence-corrected chi connectivity index (χ1v) is 13.7. The maximum atomic E-state index is 13.5. The predicted octanol–water partition coefficient (Wildman–Crippen LogP) is 4.15. The van der Waals surface area contributed by atoms with Gasteiger partial charge >= 0.3 is 5.97 Å². The number of esters is 1. The van der Waals surface area contributed by atoms with Crippen molar-refractivity contribution in [1.82, 2.24) is 9.80 Å². The topological polar surface area (TPSA) is 87.2 Å². The Bertz CT molecular complexity index is 1260. The van der Waals surface area contributed by atoms with Gasteiger partial charge in [0.1, 0.15) is 0 Å². The van der Waals surface area contributed by atoms with Crippen LogP contribution >= 0.6 is 11.6 Å². The summed E-state index contributed by atoms with van der Waals surface area (Å²) in [6.07, 6.45) is 3.04. The van der Waals surface area contributed by atoms with E-state index in [4.69, 9.17) is 16.3 Å². The minimum absolute atomic E-state index is 0.0408. The van der Waals surface area contributed by atoms with E-state index in [0.29, 0.717) is 60.2 Å². The Morgan fingerprint density at radius 1 is 0.947 bits per heavy atom. The molecule has 0 aliphatic carbocycles. The second kappa shape index (κ2) is 11.2. The van der Waals surface area contributed by atoms with Crippen LogP contribution in [0.1, 0.15) is 58.9 Å². The van der Waals surface area contributed by atoms with E-state index in [-0.39, 0.29) is 42.1 Å². The van der Waals surface area contributed by atoms with Gasteiger partial charge < -0.3 is 14.5 Å². The van der Waals surface area contributed by atoms with Crippen LogP contribution < -0.4 is 4.90 Å². The molecule has 0 aromatic heterocycles. The van der Waals surface area contributed by atoms with Gasteiger partial charge in [0, 0.05) is 31.2 Å². The Morgan fingerprint density at radius 3 is 2.50 bits per heavy atom. The van der Waals surface area contributed by atoms with E-state index in [1.54, 1.807) is 42.2 Å². The lowest BCUT2D eigenvalue weighted by Crippen LogP contribution is -2.49. The average molecular weight is 538 g/mol. The van der Waals surface area contributed by atoms with Crippen LogP contribution in [0.25, 0.3) is 0 Å². The molecule has 2 aromatic rings. The predicted molar refractivity (Wildman–Crippen MR) is 143 cm³/mol. The lowest BCUT2D eigenvalue weighted by Gasteiger charge is -2.39. The molecule has 0 spiro atoms. The number of carbonyl (C=O) groups is 4. The lowest BCUT2D eigenvalue weighted by atomic mass is 9.92. The van der Waals surface area contributed by atoms with Gasteiger partial charge in [-0.1, -0.05) is 35.9 Å². The molecule has 3 aliphatic rings. The smallest absolute Gasteiger partial charge is 0.310 e. The van der Waals surface area contributed by atoms with Crippen LogP contribution in [0.2, 0.25) is 5.02 Å². The number of carbonyl (C=O) groups excluding carboxylic acids is 4. The zero-order chi connectivity index (χ0) is 26.8. The molecule has 5 rings (SSSR count). The summed E-state index contributed by atoms with van der Waals surface area (Å²) in [5.74, 6) is -1.40. The Hall–Kier alpha value is -3.39. The highest BCUT2D eigenvalue weighted by atomic mass is 35.5. The summed E-state index contributed by atoms with van der Waals surface area (Å²) >= 11 is 6.30. The first-order chi connectivity index (χ1) is 18.4. The zero-order valence-corrected chi connectivity index (χ0v) is 22.3. The van der Waals surface area contributed by atoms with Crippen LogP contribution in [0.4, 0.5) is 5.69 Å². The van der Waals surface area contributed by atoms with Crippen LogP contribution in [-0.4, -0.2) is 66.3 Å². The summed E-state index contributed by atoms with van der Waals surface area (Å²) in [4.78, 5) is 57.6. The van der Waals surface area contributed by atoms with Crippen molar-refractivity contribution < 1.29 is 23.9 Å². The lowest BCUT2D eigenvalue weighted by molar-refractivity contribution is -0.152. The van der Waals surface area contributed by atoms with Crippen molar-refractivity contribution in [2.45, 2.75) is 39.2 Å². The number of piperidine rings is 2. The number of hydrogen-bond acceptors (Lipinski definition) is 6. The quantitative estimate of drug-likeness (QED) is 0.406. The number of hydrogen-bond donors (Lipinski definition) is 0. The Balaban J connectivity index is 1.32. The summed E-state index contributed by atoms with van der Waals surface area (Å²) in [5.41, 5.74) is 2.15. The summed E-state index contributed by atoms with van der Waals surface area (Å²) in [6, 6.07) is 12.5. The van der Waals surface area contributed by atoms with Gasteiger partial charge in [0.15, 0.2) is 0 Å². The van der Waals surface area contributed by atoms with Crippen molar-refractivity contribution in [1.29, 1.82) is 0 Å². The Labute approximate surface area is 227 Å². The normalized spacial score (nSPS) is 21.5. The van der Waals surface area contributed by atoms with Gasteiger partial charge in [-0.15, -0.1) is 0 Å². The third kappa shape index (κ3) is 5.01. The fourth-order valence-electron chi connectivity index (χ4n) is 5.81. The molecular weight excluding hydrogens is 506 g/mol. The molecule has 2 saturated heterocycles. The fraction of sp³-hybridized carbons (Fsp3) is 0.448. The van der Waals surface area contributed by atoms with Crippen LogP contribution in [0.5, 0.6) is 0 Å². The summed E-state index contributed by atoms with van der Waals surface area (Å²) in [7, 11) is 0. The highest BCUT2D eigenvalue weighted by Gasteiger charge is 2.40. The van der Waals surface area contributed by atoms with E-state index < -0.39 is 0 Å². The minimum Gasteiger partial charge on any atom is -0.466 e. The molecule has 0 radical (unpaired) electrons. The molecule has 3 amide bonds. The number of rotatable bonds is 6. The number of halogens is 1. The molecule has 9 heteroatoms. The maximum Gasteiger partial charge on any atom is 0.310 e. The molecule has 8 nitrogen and oxygen atoms in total. The zero-order valence-electron chi connectivity index (χ0n) is 21.5. The number of imide groups is 1. The van der Waals surface area contributed by atoms with Gasteiger partial charge in [0.2, 0.25) is 5.91 Å². The van der Waals surface area contributed by atoms with Crippen molar-refractivity contribution in [3.05, 3.63) is 64.2 Å². The molecule has 0 N–H and O–H groups in total. The first-order valence-electron chi connectivity index (χ1n) is 13.3. The number of likely N-dealkylation sites (tertiary alicyclic amines) is 1. The SMILES string of the molecule is CCOC(=O)[C@H]1CCCN(C(=O)[C@@H]2CCCN(c3cccc4c3C(=O)N(Cc3ccccc3Cl)C4=O)C2)C1. The highest BCUT2D eigenvalue weighted by Crippen LogP contribution is 2.35. The number of fused-ring (bicyclic) bond motifs is 1. The monoisotopic (exact) mass is 537 g/mol. The molecule has 3 aliphatic heterocycles. The molecule has 2 aromatic carbocycles. The van der Waals surface area contributed by atoms with E-state index in [9.17, 15) is 19.2 Å². The fourth-order valence-corrected chi connectivity index (χ4v) is 6.00. The van der Waals surface area contributed by atoms with E-state index in [0.717, 1.165) is 25.7 Å². The molecule has 200 valence electrons. The van der Waals surface area contributed by atoms with E-state index >= 15 is 0 Å². The highest BCUT2D eigenvalue weighted by molar-refractivity contribution is 6.31. The van der Waals surface area contributed by atoms with Crippen LogP contribution in [0, 0.1) is 11.8 Å². The number of amides is 3. The minimum atomic E-state index is -0.345. The molecule has 38 heavy (non-hydrogen) atoms. The second-order valence-electron chi connectivity index (χ2n) is 10.1. The van der Waals surface area contributed by atoms with E-state index in [1.807, 2.05) is 12.1 Å². The maximum absolute atomic E-state index is 13.5. The van der Waals surface area contributed by atoms with Crippen molar-refractivity contribution >= 4 is 41.0 Å². The van der Waals surface area contributed by atoms with Gasteiger partial charge in [-0.3, -0.25) is 24.1 Å². The van der Waals surface area contributed by atoms with Gasteiger partial charge in [-0.25, -0.2) is 0 Å². The number of nitrogens with zero attached hydrogens (tertiary/aromatic N) is 3. The largest absolute Gasteiger partial charge is 0.466 e. The van der Waals surface area contributed by atoms with Crippen LogP contribution in [0.3, 0.4) is 0 Å². The van der Waals surface area contributed by atoms with Crippen molar-refractivity contribution in [3.63, 3.8) is 0 Å². The van der Waals surface area contributed by atoms with Crippen LogP contribution in [0.15, 0.2) is 42.5 Å². The number of ether oxygens (including phenoxy) is 1. The van der Waals surface area contributed by atoms with Gasteiger partial charge in [-0.2, -0.15) is 0 Å². The molecule has 0 bridgehead atoms. The first kappa shape index (κ1) is 26.2. The van der Waals surface area contributed by atoms with Crippen molar-refractivity contribution in [2.24, 2.45) is 11.8 Å². The number of anilines is 1. The third-order valence-corrected chi connectivity index (χ3v) is 8.10. The molecule has 0 saturated carbocycles. The molecule has 2 fully saturated rings. The Kier molecular flexibility index (Phi) is 7.70. The standard InChI is InChI=1S/C29H32ClN3O5/c1-2-38-29(37)21-10-7-15-32(17-21)26(34)20-9-6-14-31(16-20)24-13-5-11-22-25(24)28(36)33(27(22)35)18-19-8-3-4-12-23(19)30/h3-5,8,11-13,20-21H,2,6-7,9-10,14-18H2,1H3/t20-,21+/m1/s1. The average Bonchev–Trinajstić information content (AvgIpc) is 3.19. The van der Waals surface area contributed by atoms with Crippen LogP contribution in [-0.2, 0) is 20.9 Å². The summed E-state index contributed by atoms with van der Waals surface area (Å²) < 4.78 is 5.19. The summed E-state index contributed by atoms with van der Waals surface area (Å²) in [6.45, 7) is 4.39.